The lowest BCUT2D eigenvalue weighted by Gasteiger charge is -2.22. The summed E-state index contributed by atoms with van der Waals surface area (Å²) in [7, 11) is 0. The quantitative estimate of drug-likeness (QED) is 0.752. The Morgan fingerprint density at radius 2 is 1.83 bits per heavy atom. The number of amides is 1. The molecule has 2 unspecified atom stereocenters. The van der Waals surface area contributed by atoms with Gasteiger partial charge in [0.05, 0.1) is 11.3 Å². The maximum absolute atomic E-state index is 12.5. The van der Waals surface area contributed by atoms with Crippen LogP contribution in [0.2, 0.25) is 0 Å². The van der Waals surface area contributed by atoms with Crippen LogP contribution < -0.4 is 5.32 Å². The molecule has 0 saturated carbocycles. The number of hydrogen-bond acceptors (Lipinski definition) is 2. The summed E-state index contributed by atoms with van der Waals surface area (Å²) in [6.07, 6.45) is 0.887. The minimum Gasteiger partial charge on any atom is -0.348 e. The zero-order chi connectivity index (χ0) is 16.8. The Kier molecular flexibility index (Phi) is 6.28. The van der Waals surface area contributed by atoms with Gasteiger partial charge in [-0.15, -0.1) is 11.8 Å². The topological polar surface area (TPSA) is 29.1 Å². The second-order valence-electron chi connectivity index (χ2n) is 5.90. The van der Waals surface area contributed by atoms with Crippen molar-refractivity contribution < 1.29 is 4.79 Å². The highest BCUT2D eigenvalue weighted by Gasteiger charge is 2.19. The smallest absolute Gasteiger partial charge is 0.233 e. The number of hydrogen-bond donors (Lipinski definition) is 1. The molecule has 1 amide bonds. The largest absolute Gasteiger partial charge is 0.348 e. The minimum absolute atomic E-state index is 0.0712. The van der Waals surface area contributed by atoms with E-state index in [2.05, 4.69) is 44.3 Å². The van der Waals surface area contributed by atoms with E-state index >= 15 is 0 Å². The second kappa shape index (κ2) is 8.21. The molecule has 3 heteroatoms. The van der Waals surface area contributed by atoms with Crippen molar-refractivity contribution in [3.05, 3.63) is 65.2 Å². The summed E-state index contributed by atoms with van der Waals surface area (Å²) in [5.74, 6) is 0.0886. The fourth-order valence-corrected chi connectivity index (χ4v) is 3.56. The molecule has 2 nitrogen and oxygen atoms in total. The number of nitrogens with one attached hydrogen (secondary N) is 1. The highest BCUT2D eigenvalue weighted by Crippen LogP contribution is 2.25. The standard InChI is InChI=1S/C20H25NOS/c1-5-19(18-12-11-14(2)13-15(18)3)21-20(22)16(4)23-17-9-7-6-8-10-17/h6-13,16,19H,5H2,1-4H3,(H,21,22). The molecule has 2 aromatic rings. The van der Waals surface area contributed by atoms with Crippen LogP contribution in [-0.4, -0.2) is 11.2 Å². The average Bonchev–Trinajstić information content (AvgIpc) is 2.54. The van der Waals surface area contributed by atoms with Gasteiger partial charge >= 0.3 is 0 Å². The molecule has 122 valence electrons. The Morgan fingerprint density at radius 1 is 1.13 bits per heavy atom. The summed E-state index contributed by atoms with van der Waals surface area (Å²) in [4.78, 5) is 13.7. The van der Waals surface area contributed by atoms with E-state index in [4.69, 9.17) is 0 Å². The van der Waals surface area contributed by atoms with Crippen molar-refractivity contribution in [3.63, 3.8) is 0 Å². The molecule has 0 spiro atoms. The molecule has 0 bridgehead atoms. The third kappa shape index (κ3) is 4.87. The van der Waals surface area contributed by atoms with Gasteiger partial charge in [-0.3, -0.25) is 4.79 Å². The number of thioether (sulfide) groups is 1. The predicted molar refractivity (Wildman–Crippen MR) is 98.9 cm³/mol. The number of rotatable bonds is 6. The molecule has 0 aliphatic carbocycles. The molecule has 0 aliphatic rings. The summed E-state index contributed by atoms with van der Waals surface area (Å²) in [5, 5.41) is 3.09. The Hall–Kier alpha value is -1.74. The molecule has 0 fully saturated rings. The van der Waals surface area contributed by atoms with Crippen LogP contribution in [0.4, 0.5) is 0 Å². The zero-order valence-electron chi connectivity index (χ0n) is 14.3. The maximum Gasteiger partial charge on any atom is 0.233 e. The Labute approximate surface area is 143 Å². The summed E-state index contributed by atoms with van der Waals surface area (Å²) < 4.78 is 0. The number of benzene rings is 2. The molecule has 2 aromatic carbocycles. The van der Waals surface area contributed by atoms with E-state index in [1.165, 1.54) is 16.7 Å². The Bertz CT molecular complexity index is 654. The van der Waals surface area contributed by atoms with Crippen LogP contribution in [0, 0.1) is 13.8 Å². The van der Waals surface area contributed by atoms with Gasteiger partial charge in [0.2, 0.25) is 5.91 Å². The number of carbonyl (C=O) groups excluding carboxylic acids is 1. The van der Waals surface area contributed by atoms with Gasteiger partial charge in [-0.1, -0.05) is 48.9 Å². The lowest BCUT2D eigenvalue weighted by molar-refractivity contribution is -0.121. The van der Waals surface area contributed by atoms with E-state index in [1.807, 2.05) is 37.3 Å². The van der Waals surface area contributed by atoms with Crippen LogP contribution in [-0.2, 0) is 4.79 Å². The first-order valence-corrected chi connectivity index (χ1v) is 8.98. The van der Waals surface area contributed by atoms with E-state index < -0.39 is 0 Å². The molecule has 23 heavy (non-hydrogen) atoms. The van der Waals surface area contributed by atoms with Crippen molar-refractivity contribution in [1.29, 1.82) is 0 Å². The predicted octanol–water partition coefficient (Wildman–Crippen LogP) is 5.05. The first-order valence-electron chi connectivity index (χ1n) is 8.10. The highest BCUT2D eigenvalue weighted by atomic mass is 32.2. The normalized spacial score (nSPS) is 13.4. The molecule has 1 N–H and O–H groups in total. The van der Waals surface area contributed by atoms with E-state index in [-0.39, 0.29) is 17.2 Å². The van der Waals surface area contributed by atoms with Gasteiger partial charge in [-0.25, -0.2) is 0 Å². The fraction of sp³-hybridized carbons (Fsp3) is 0.350. The molecular formula is C20H25NOS. The molecule has 2 rings (SSSR count). The molecule has 0 aromatic heterocycles. The average molecular weight is 327 g/mol. The molecule has 2 atom stereocenters. The van der Waals surface area contributed by atoms with Gasteiger partial charge in [0.15, 0.2) is 0 Å². The van der Waals surface area contributed by atoms with E-state index in [9.17, 15) is 4.79 Å². The van der Waals surface area contributed by atoms with Crippen molar-refractivity contribution in [2.45, 2.75) is 50.3 Å². The lowest BCUT2D eigenvalue weighted by Crippen LogP contribution is -2.34. The van der Waals surface area contributed by atoms with Gasteiger partial charge in [0, 0.05) is 4.90 Å². The monoisotopic (exact) mass is 327 g/mol. The maximum atomic E-state index is 12.5. The fourth-order valence-electron chi connectivity index (χ4n) is 2.66. The van der Waals surface area contributed by atoms with Crippen LogP contribution in [0.1, 0.15) is 43.0 Å². The zero-order valence-corrected chi connectivity index (χ0v) is 15.1. The summed E-state index contributed by atoms with van der Waals surface area (Å²) >= 11 is 1.59. The SMILES string of the molecule is CCC(NC(=O)C(C)Sc1ccccc1)c1ccc(C)cc1C. The van der Waals surface area contributed by atoms with Crippen molar-refractivity contribution in [2.75, 3.05) is 0 Å². The second-order valence-corrected chi connectivity index (χ2v) is 7.32. The van der Waals surface area contributed by atoms with Crippen LogP contribution in [0.3, 0.4) is 0 Å². The first-order chi connectivity index (χ1) is 11.0. The first kappa shape index (κ1) is 17.6. The van der Waals surface area contributed by atoms with Gasteiger partial charge in [0.1, 0.15) is 0 Å². The van der Waals surface area contributed by atoms with E-state index in [0.29, 0.717) is 0 Å². The van der Waals surface area contributed by atoms with E-state index in [1.54, 1.807) is 11.8 Å². The molecule has 0 radical (unpaired) electrons. The van der Waals surface area contributed by atoms with Crippen LogP contribution >= 0.6 is 11.8 Å². The minimum atomic E-state index is -0.114. The lowest BCUT2D eigenvalue weighted by atomic mass is 9.97. The van der Waals surface area contributed by atoms with Gasteiger partial charge < -0.3 is 5.32 Å². The Balaban J connectivity index is 2.04. The Morgan fingerprint density at radius 3 is 2.43 bits per heavy atom. The third-order valence-electron chi connectivity index (χ3n) is 3.95. The van der Waals surface area contributed by atoms with Gasteiger partial charge in [-0.2, -0.15) is 0 Å². The molecular weight excluding hydrogens is 302 g/mol. The summed E-state index contributed by atoms with van der Waals surface area (Å²) in [5.41, 5.74) is 3.70. The van der Waals surface area contributed by atoms with Crippen molar-refractivity contribution in [2.24, 2.45) is 0 Å². The number of carbonyl (C=O) groups is 1. The van der Waals surface area contributed by atoms with Crippen molar-refractivity contribution in [1.82, 2.24) is 5.32 Å². The van der Waals surface area contributed by atoms with Crippen LogP contribution in [0.25, 0.3) is 0 Å². The summed E-state index contributed by atoms with van der Waals surface area (Å²) in [6.45, 7) is 8.27. The molecule has 0 heterocycles. The molecule has 0 saturated heterocycles. The van der Waals surface area contributed by atoms with Crippen molar-refractivity contribution >= 4 is 17.7 Å². The third-order valence-corrected chi connectivity index (χ3v) is 5.06. The molecule has 0 aliphatic heterocycles. The van der Waals surface area contributed by atoms with Crippen molar-refractivity contribution in [3.8, 4) is 0 Å². The van der Waals surface area contributed by atoms with Crippen LogP contribution in [0.15, 0.2) is 53.4 Å². The highest BCUT2D eigenvalue weighted by molar-refractivity contribution is 8.00. The van der Waals surface area contributed by atoms with Crippen LogP contribution in [0.5, 0.6) is 0 Å². The van der Waals surface area contributed by atoms with Gasteiger partial charge in [-0.05, 0) is 50.5 Å². The van der Waals surface area contributed by atoms with E-state index in [0.717, 1.165) is 11.3 Å². The van der Waals surface area contributed by atoms with Gasteiger partial charge in [0.25, 0.3) is 0 Å². The number of aryl methyl sites for hydroxylation is 2. The summed E-state index contributed by atoms with van der Waals surface area (Å²) in [6, 6.07) is 16.5.